The van der Waals surface area contributed by atoms with Crippen molar-refractivity contribution in [2.24, 2.45) is 11.0 Å². The fourth-order valence-corrected chi connectivity index (χ4v) is 1.96. The minimum Gasteiger partial charge on any atom is -0.310 e. The van der Waals surface area contributed by atoms with Crippen LogP contribution in [0.2, 0.25) is 0 Å². The highest BCUT2D eigenvalue weighted by Gasteiger charge is 2.02. The summed E-state index contributed by atoms with van der Waals surface area (Å²) in [5.41, 5.74) is 5.60. The van der Waals surface area contributed by atoms with E-state index < -0.39 is 0 Å². The summed E-state index contributed by atoms with van der Waals surface area (Å²) in [5, 5.41) is 4.41. The second-order valence-electron chi connectivity index (χ2n) is 5.24. The Morgan fingerprint density at radius 2 is 1.94 bits per heavy atom. The molecule has 3 heteroatoms. The van der Waals surface area contributed by atoms with Crippen LogP contribution in [0.3, 0.4) is 0 Å². The van der Waals surface area contributed by atoms with Gasteiger partial charge in [-0.05, 0) is 32.5 Å². The van der Waals surface area contributed by atoms with Crippen molar-refractivity contribution >= 4 is 5.71 Å². The predicted molar refractivity (Wildman–Crippen MR) is 79.0 cm³/mol. The average molecular weight is 247 g/mol. The van der Waals surface area contributed by atoms with Crippen LogP contribution in [0, 0.1) is 5.92 Å². The van der Waals surface area contributed by atoms with Crippen molar-refractivity contribution in [3.8, 4) is 0 Å². The van der Waals surface area contributed by atoms with Crippen LogP contribution in [0.5, 0.6) is 0 Å². The lowest BCUT2D eigenvalue weighted by atomic mass is 10.1. The van der Waals surface area contributed by atoms with Crippen LogP contribution in [-0.2, 0) is 6.42 Å². The molecule has 0 fully saturated rings. The first-order valence-corrected chi connectivity index (χ1v) is 6.52. The topological polar surface area (TPSA) is 27.6 Å². The zero-order valence-electron chi connectivity index (χ0n) is 12.0. The fourth-order valence-electron chi connectivity index (χ4n) is 1.96. The largest absolute Gasteiger partial charge is 0.310 e. The molecule has 18 heavy (non-hydrogen) atoms. The molecule has 0 aromatic heterocycles. The minimum absolute atomic E-state index is 0.605. The molecule has 0 aliphatic heterocycles. The molecule has 0 aliphatic carbocycles. The maximum atomic E-state index is 4.41. The van der Waals surface area contributed by atoms with Crippen LogP contribution in [-0.4, -0.2) is 37.8 Å². The molecule has 1 aromatic rings. The number of hydrogen-bond donors (Lipinski definition) is 1. The molecule has 0 bridgehead atoms. The Kier molecular flexibility index (Phi) is 6.44. The quantitative estimate of drug-likeness (QED) is 0.592. The number of nitrogens with zero attached hydrogens (tertiary/aromatic N) is 2. The number of rotatable bonds is 7. The standard InChI is InChI=1S/C15H25N3/c1-13(12-18(3)4)11-16-17-14(2)10-15-8-6-5-7-9-15/h5-9,13,16H,10-12H2,1-4H3/b17-14-/t13-/m0/s1. The minimum atomic E-state index is 0.605. The SMILES string of the molecule is C/C(Cc1ccccc1)=N/NC[C@H](C)CN(C)C. The highest BCUT2D eigenvalue weighted by Crippen LogP contribution is 2.00. The molecule has 3 nitrogen and oxygen atoms in total. The number of hydrazone groups is 1. The van der Waals surface area contributed by atoms with Crippen molar-refractivity contribution in [2.75, 3.05) is 27.2 Å². The summed E-state index contributed by atoms with van der Waals surface area (Å²) in [6, 6.07) is 10.4. The van der Waals surface area contributed by atoms with Gasteiger partial charge in [0.2, 0.25) is 0 Å². The summed E-state index contributed by atoms with van der Waals surface area (Å²) in [5.74, 6) is 0.605. The van der Waals surface area contributed by atoms with Crippen molar-refractivity contribution in [3.05, 3.63) is 35.9 Å². The summed E-state index contributed by atoms with van der Waals surface area (Å²) in [7, 11) is 4.20. The van der Waals surface area contributed by atoms with Gasteiger partial charge in [0.05, 0.1) is 0 Å². The van der Waals surface area contributed by atoms with Gasteiger partial charge >= 0.3 is 0 Å². The lowest BCUT2D eigenvalue weighted by Gasteiger charge is -2.16. The van der Waals surface area contributed by atoms with Crippen LogP contribution < -0.4 is 5.43 Å². The van der Waals surface area contributed by atoms with E-state index in [0.717, 1.165) is 25.2 Å². The maximum absolute atomic E-state index is 4.41. The van der Waals surface area contributed by atoms with Crippen LogP contribution in [0.1, 0.15) is 19.4 Å². The third kappa shape index (κ3) is 6.40. The smallest absolute Gasteiger partial charge is 0.0391 e. The van der Waals surface area contributed by atoms with Gasteiger partial charge in [-0.3, -0.25) is 0 Å². The molecular formula is C15H25N3. The second-order valence-corrected chi connectivity index (χ2v) is 5.24. The molecule has 0 amide bonds. The first-order chi connectivity index (χ1) is 8.58. The number of nitrogens with one attached hydrogen (secondary N) is 1. The Labute approximate surface area is 111 Å². The maximum Gasteiger partial charge on any atom is 0.0391 e. The van der Waals surface area contributed by atoms with Crippen LogP contribution >= 0.6 is 0 Å². The molecule has 0 saturated carbocycles. The number of hydrogen-bond acceptors (Lipinski definition) is 3. The molecule has 1 atom stereocenters. The first kappa shape index (κ1) is 14.7. The van der Waals surface area contributed by atoms with Crippen molar-refractivity contribution in [1.29, 1.82) is 0 Å². The molecule has 100 valence electrons. The predicted octanol–water partition coefficient (Wildman–Crippen LogP) is 2.39. The van der Waals surface area contributed by atoms with E-state index in [4.69, 9.17) is 0 Å². The molecular weight excluding hydrogens is 222 g/mol. The Morgan fingerprint density at radius 3 is 2.56 bits per heavy atom. The molecule has 1 rings (SSSR count). The molecule has 0 radical (unpaired) electrons. The van der Waals surface area contributed by atoms with Crippen LogP contribution in [0.15, 0.2) is 35.4 Å². The van der Waals surface area contributed by atoms with Gasteiger partial charge in [0.1, 0.15) is 0 Å². The molecule has 0 aliphatic rings. The molecule has 0 saturated heterocycles. The van der Waals surface area contributed by atoms with Gasteiger partial charge in [0, 0.05) is 25.2 Å². The average Bonchev–Trinajstić information content (AvgIpc) is 2.29. The summed E-state index contributed by atoms with van der Waals surface area (Å²) >= 11 is 0. The van der Waals surface area contributed by atoms with E-state index in [1.807, 2.05) is 6.07 Å². The van der Waals surface area contributed by atoms with E-state index in [9.17, 15) is 0 Å². The van der Waals surface area contributed by atoms with Crippen molar-refractivity contribution in [1.82, 2.24) is 10.3 Å². The van der Waals surface area contributed by atoms with Gasteiger partial charge in [-0.25, -0.2) is 0 Å². The summed E-state index contributed by atoms with van der Waals surface area (Å²) in [6.07, 6.45) is 0.913. The molecule has 0 spiro atoms. The van der Waals surface area contributed by atoms with E-state index in [1.54, 1.807) is 0 Å². The van der Waals surface area contributed by atoms with Gasteiger partial charge in [-0.2, -0.15) is 5.10 Å². The second kappa shape index (κ2) is 7.88. The van der Waals surface area contributed by atoms with Gasteiger partial charge in [-0.15, -0.1) is 0 Å². The van der Waals surface area contributed by atoms with Crippen LogP contribution in [0.25, 0.3) is 0 Å². The summed E-state index contributed by atoms with van der Waals surface area (Å²) in [4.78, 5) is 2.20. The third-order valence-electron chi connectivity index (χ3n) is 2.69. The Bertz CT molecular complexity index is 357. The van der Waals surface area contributed by atoms with E-state index in [0.29, 0.717) is 5.92 Å². The van der Waals surface area contributed by atoms with E-state index in [-0.39, 0.29) is 0 Å². The summed E-state index contributed by atoms with van der Waals surface area (Å²) in [6.45, 7) is 6.30. The Morgan fingerprint density at radius 1 is 1.28 bits per heavy atom. The molecule has 1 aromatic carbocycles. The van der Waals surface area contributed by atoms with Crippen molar-refractivity contribution in [3.63, 3.8) is 0 Å². The van der Waals surface area contributed by atoms with Gasteiger partial charge in [0.15, 0.2) is 0 Å². The molecule has 0 heterocycles. The zero-order chi connectivity index (χ0) is 13.4. The number of benzene rings is 1. The van der Waals surface area contributed by atoms with E-state index >= 15 is 0 Å². The highest BCUT2D eigenvalue weighted by molar-refractivity contribution is 5.83. The lowest BCUT2D eigenvalue weighted by Crippen LogP contribution is -2.27. The normalized spacial score (nSPS) is 13.7. The Hall–Kier alpha value is -1.35. The Balaban J connectivity index is 2.30. The van der Waals surface area contributed by atoms with E-state index in [1.165, 1.54) is 5.56 Å². The fraction of sp³-hybridized carbons (Fsp3) is 0.533. The zero-order valence-corrected chi connectivity index (χ0v) is 12.0. The third-order valence-corrected chi connectivity index (χ3v) is 2.69. The van der Waals surface area contributed by atoms with Gasteiger partial charge < -0.3 is 10.3 Å². The van der Waals surface area contributed by atoms with Gasteiger partial charge in [0.25, 0.3) is 0 Å². The van der Waals surface area contributed by atoms with Crippen LogP contribution in [0.4, 0.5) is 0 Å². The highest BCUT2D eigenvalue weighted by atomic mass is 15.3. The summed E-state index contributed by atoms with van der Waals surface area (Å²) < 4.78 is 0. The molecule has 1 N–H and O–H groups in total. The van der Waals surface area contributed by atoms with E-state index in [2.05, 4.69) is 67.6 Å². The van der Waals surface area contributed by atoms with Crippen molar-refractivity contribution in [2.45, 2.75) is 20.3 Å². The molecule has 0 unspecified atom stereocenters. The monoisotopic (exact) mass is 247 g/mol. The first-order valence-electron chi connectivity index (χ1n) is 6.52. The lowest BCUT2D eigenvalue weighted by molar-refractivity contribution is 0.332. The van der Waals surface area contributed by atoms with Gasteiger partial charge in [-0.1, -0.05) is 37.3 Å². The van der Waals surface area contributed by atoms with Crippen molar-refractivity contribution < 1.29 is 0 Å².